The van der Waals surface area contributed by atoms with Gasteiger partial charge in [-0.25, -0.2) is 0 Å². The summed E-state index contributed by atoms with van der Waals surface area (Å²) in [7, 11) is 0. The molecule has 1 heterocycles. The molecule has 0 unspecified atom stereocenters. The zero-order chi connectivity index (χ0) is 15.8. The molecule has 0 fully saturated rings. The number of carbonyl (C=O) groups is 2. The molecule has 0 aliphatic carbocycles. The quantitative estimate of drug-likeness (QED) is 0.391. The van der Waals surface area contributed by atoms with E-state index in [2.05, 4.69) is 15.9 Å². The molecule has 116 valence electrons. The Kier molecular flexibility index (Phi) is 6.61. The number of esters is 1. The van der Waals surface area contributed by atoms with Crippen molar-refractivity contribution in [2.45, 2.75) is 12.8 Å². The second-order valence-electron chi connectivity index (χ2n) is 4.43. The highest BCUT2D eigenvalue weighted by molar-refractivity contribution is 9.10. The van der Waals surface area contributed by atoms with E-state index in [9.17, 15) is 9.59 Å². The number of hydrogen-bond acceptors (Lipinski definition) is 5. The Hall–Kier alpha value is -1.66. The normalized spacial score (nSPS) is 10.2. The van der Waals surface area contributed by atoms with Crippen LogP contribution < -0.4 is 4.74 Å². The molecule has 0 amide bonds. The Labute approximate surface area is 141 Å². The van der Waals surface area contributed by atoms with Crippen LogP contribution in [-0.4, -0.2) is 25.0 Å². The predicted octanol–water partition coefficient (Wildman–Crippen LogP) is 4.10. The van der Waals surface area contributed by atoms with Gasteiger partial charge >= 0.3 is 5.97 Å². The van der Waals surface area contributed by atoms with Gasteiger partial charge in [-0.1, -0.05) is 28.1 Å². The molecule has 1 aromatic heterocycles. The number of carbonyl (C=O) groups excluding carboxylic acids is 2. The van der Waals surface area contributed by atoms with Crippen molar-refractivity contribution in [1.29, 1.82) is 0 Å². The van der Waals surface area contributed by atoms with E-state index in [4.69, 9.17) is 9.47 Å². The molecule has 0 bridgehead atoms. The molecule has 0 saturated carbocycles. The number of ketones is 1. The Morgan fingerprint density at radius 1 is 1.09 bits per heavy atom. The molecular formula is C16H15BrO4S. The summed E-state index contributed by atoms with van der Waals surface area (Å²) in [5, 5.41) is 1.84. The number of Topliss-reactive ketones (excluding diaryl/α,β-unsaturated/α-hetero) is 1. The largest absolute Gasteiger partial charge is 0.490 e. The number of hydrogen-bond donors (Lipinski definition) is 0. The summed E-state index contributed by atoms with van der Waals surface area (Å²) in [6.07, 6.45) is 0.263. The molecule has 1 aromatic carbocycles. The lowest BCUT2D eigenvalue weighted by Crippen LogP contribution is -2.13. The Balaban J connectivity index is 1.61. The zero-order valence-corrected chi connectivity index (χ0v) is 14.2. The van der Waals surface area contributed by atoms with Crippen LogP contribution in [0.25, 0.3) is 0 Å². The van der Waals surface area contributed by atoms with Gasteiger partial charge in [0.2, 0.25) is 0 Å². The van der Waals surface area contributed by atoms with Crippen molar-refractivity contribution in [3.8, 4) is 5.75 Å². The molecule has 0 aliphatic rings. The van der Waals surface area contributed by atoms with Crippen LogP contribution in [0.1, 0.15) is 22.5 Å². The van der Waals surface area contributed by atoms with Gasteiger partial charge in [0.15, 0.2) is 5.78 Å². The summed E-state index contributed by atoms with van der Waals surface area (Å²) in [5.41, 5.74) is 0. The van der Waals surface area contributed by atoms with Gasteiger partial charge in [0.05, 0.1) is 11.3 Å². The molecule has 0 N–H and O–H groups in total. The molecule has 22 heavy (non-hydrogen) atoms. The first-order chi connectivity index (χ1) is 10.6. The van der Waals surface area contributed by atoms with Gasteiger partial charge in [-0.05, 0) is 29.6 Å². The van der Waals surface area contributed by atoms with Gasteiger partial charge in [-0.2, -0.15) is 0 Å². The predicted molar refractivity (Wildman–Crippen MR) is 88.5 cm³/mol. The first-order valence-electron chi connectivity index (χ1n) is 6.76. The van der Waals surface area contributed by atoms with Crippen molar-refractivity contribution in [2.24, 2.45) is 0 Å². The third-order valence-electron chi connectivity index (χ3n) is 2.76. The lowest BCUT2D eigenvalue weighted by molar-refractivity contribution is -0.144. The molecule has 0 aliphatic heterocycles. The molecule has 0 radical (unpaired) electrons. The number of rotatable bonds is 8. The number of halogens is 1. The van der Waals surface area contributed by atoms with Crippen LogP contribution in [0.4, 0.5) is 0 Å². The standard InChI is InChI=1S/C16H15BrO4S/c17-12-3-1-4-13(11-12)20-8-9-21-16(19)7-6-14(18)15-5-2-10-22-15/h1-5,10-11H,6-9H2. The van der Waals surface area contributed by atoms with E-state index in [1.54, 1.807) is 6.07 Å². The van der Waals surface area contributed by atoms with Crippen molar-refractivity contribution < 1.29 is 19.1 Å². The van der Waals surface area contributed by atoms with Crippen LogP contribution in [0.5, 0.6) is 5.75 Å². The van der Waals surface area contributed by atoms with Crippen molar-refractivity contribution in [2.75, 3.05) is 13.2 Å². The second kappa shape index (κ2) is 8.70. The molecule has 2 aromatic rings. The van der Waals surface area contributed by atoms with Crippen molar-refractivity contribution in [3.05, 3.63) is 51.1 Å². The van der Waals surface area contributed by atoms with E-state index in [0.29, 0.717) is 10.6 Å². The zero-order valence-electron chi connectivity index (χ0n) is 11.8. The Morgan fingerprint density at radius 3 is 2.68 bits per heavy atom. The van der Waals surface area contributed by atoms with E-state index in [-0.39, 0.29) is 37.8 Å². The fourth-order valence-electron chi connectivity index (χ4n) is 1.72. The van der Waals surface area contributed by atoms with Crippen molar-refractivity contribution in [3.63, 3.8) is 0 Å². The second-order valence-corrected chi connectivity index (χ2v) is 6.29. The molecule has 0 spiro atoms. The maximum atomic E-state index is 11.7. The van der Waals surface area contributed by atoms with Crippen LogP contribution in [0, 0.1) is 0 Å². The van der Waals surface area contributed by atoms with Crippen LogP contribution >= 0.6 is 27.3 Å². The molecule has 0 atom stereocenters. The Bertz CT molecular complexity index is 625. The minimum absolute atomic E-state index is 0.0302. The maximum absolute atomic E-state index is 11.7. The third-order valence-corrected chi connectivity index (χ3v) is 4.17. The van der Waals surface area contributed by atoms with E-state index in [1.807, 2.05) is 35.7 Å². The maximum Gasteiger partial charge on any atom is 0.306 e. The number of ether oxygens (including phenoxy) is 2. The minimum atomic E-state index is -0.386. The molecule has 6 heteroatoms. The van der Waals surface area contributed by atoms with E-state index < -0.39 is 0 Å². The van der Waals surface area contributed by atoms with Gasteiger partial charge in [0.1, 0.15) is 19.0 Å². The SMILES string of the molecule is O=C(CCC(=O)c1cccs1)OCCOc1cccc(Br)c1. The lowest BCUT2D eigenvalue weighted by atomic mass is 10.2. The van der Waals surface area contributed by atoms with Gasteiger partial charge in [-0.3, -0.25) is 9.59 Å². The lowest BCUT2D eigenvalue weighted by Gasteiger charge is -2.07. The first-order valence-corrected chi connectivity index (χ1v) is 8.43. The summed E-state index contributed by atoms with van der Waals surface area (Å²) in [6.45, 7) is 0.444. The average Bonchev–Trinajstić information content (AvgIpc) is 3.04. The highest BCUT2D eigenvalue weighted by atomic mass is 79.9. The fourth-order valence-corrected chi connectivity index (χ4v) is 2.79. The van der Waals surface area contributed by atoms with Crippen LogP contribution in [0.3, 0.4) is 0 Å². The average molecular weight is 383 g/mol. The van der Waals surface area contributed by atoms with Crippen LogP contribution in [0.15, 0.2) is 46.3 Å². The van der Waals surface area contributed by atoms with E-state index >= 15 is 0 Å². The topological polar surface area (TPSA) is 52.6 Å². The molecular weight excluding hydrogens is 368 g/mol. The molecule has 2 rings (SSSR count). The van der Waals surface area contributed by atoms with Crippen LogP contribution in [0.2, 0.25) is 0 Å². The molecule has 4 nitrogen and oxygen atoms in total. The summed E-state index contributed by atoms with van der Waals surface area (Å²) in [4.78, 5) is 24.0. The van der Waals surface area contributed by atoms with Gasteiger partial charge < -0.3 is 9.47 Å². The highest BCUT2D eigenvalue weighted by Crippen LogP contribution is 2.17. The van der Waals surface area contributed by atoms with Crippen molar-refractivity contribution >= 4 is 39.0 Å². The fraction of sp³-hybridized carbons (Fsp3) is 0.250. The van der Waals surface area contributed by atoms with Gasteiger partial charge in [-0.15, -0.1) is 11.3 Å². The van der Waals surface area contributed by atoms with Gasteiger partial charge in [0.25, 0.3) is 0 Å². The Morgan fingerprint density at radius 2 is 1.95 bits per heavy atom. The smallest absolute Gasteiger partial charge is 0.306 e. The summed E-state index contributed by atoms with van der Waals surface area (Å²) in [6, 6.07) is 11.0. The summed E-state index contributed by atoms with van der Waals surface area (Å²) in [5.74, 6) is 0.290. The minimum Gasteiger partial charge on any atom is -0.490 e. The van der Waals surface area contributed by atoms with Crippen LogP contribution in [-0.2, 0) is 9.53 Å². The van der Waals surface area contributed by atoms with E-state index in [1.165, 1.54) is 11.3 Å². The first kappa shape index (κ1) is 16.7. The summed E-state index contributed by atoms with van der Waals surface area (Å²) < 4.78 is 11.4. The van der Waals surface area contributed by atoms with Crippen molar-refractivity contribution in [1.82, 2.24) is 0 Å². The number of thiophene rings is 1. The monoisotopic (exact) mass is 382 g/mol. The van der Waals surface area contributed by atoms with Gasteiger partial charge in [0, 0.05) is 10.9 Å². The van der Waals surface area contributed by atoms with E-state index in [0.717, 1.165) is 4.47 Å². The summed E-state index contributed by atoms with van der Waals surface area (Å²) >= 11 is 4.73. The highest BCUT2D eigenvalue weighted by Gasteiger charge is 2.10. The number of benzene rings is 1. The third kappa shape index (κ3) is 5.61. The molecule has 0 saturated heterocycles.